The first-order valence-electron chi connectivity index (χ1n) is 7.79. The smallest absolute Gasteiger partial charge is 0.257 e. The molecule has 0 atom stereocenters. The van der Waals surface area contributed by atoms with Crippen molar-refractivity contribution in [3.63, 3.8) is 0 Å². The van der Waals surface area contributed by atoms with E-state index in [0.717, 1.165) is 17.8 Å². The highest BCUT2D eigenvalue weighted by molar-refractivity contribution is 7.99. The highest BCUT2D eigenvalue weighted by Gasteiger charge is 2.15. The van der Waals surface area contributed by atoms with Crippen LogP contribution in [0.3, 0.4) is 0 Å². The Bertz CT molecular complexity index is 1120. The van der Waals surface area contributed by atoms with Gasteiger partial charge >= 0.3 is 0 Å². The Kier molecular flexibility index (Phi) is 5.73. The number of amides is 1. The second-order valence-corrected chi connectivity index (χ2v) is 9.09. The van der Waals surface area contributed by atoms with Gasteiger partial charge in [-0.1, -0.05) is 30.3 Å². The normalized spacial score (nSPS) is 11.7. The zero-order valence-electron chi connectivity index (χ0n) is 14.0. The second-order valence-electron chi connectivity index (χ2n) is 5.47. The van der Waals surface area contributed by atoms with Crippen LogP contribution in [-0.2, 0) is 14.6 Å². The Hall–Kier alpha value is -2.10. The summed E-state index contributed by atoms with van der Waals surface area (Å²) < 4.78 is 42.4. The first kappa shape index (κ1) is 19.7. The topological polar surface area (TPSA) is 89.3 Å². The number of anilines is 1. The number of sulfone groups is 1. The van der Waals surface area contributed by atoms with Crippen LogP contribution < -0.4 is 5.32 Å². The second kappa shape index (κ2) is 7.87. The minimum Gasteiger partial charge on any atom is -0.431 e. The van der Waals surface area contributed by atoms with Crippen LogP contribution >= 0.6 is 23.4 Å². The number of hydrogen-bond acceptors (Lipinski definition) is 6. The van der Waals surface area contributed by atoms with E-state index in [4.69, 9.17) is 16.0 Å². The Morgan fingerprint density at radius 1 is 1.30 bits per heavy atom. The molecule has 2 aromatic carbocycles. The minimum absolute atomic E-state index is 0.00984. The van der Waals surface area contributed by atoms with Gasteiger partial charge in [0.15, 0.2) is 15.4 Å². The van der Waals surface area contributed by atoms with Gasteiger partial charge in [0.05, 0.1) is 27.1 Å². The highest BCUT2D eigenvalue weighted by atomic mass is 35.5. The van der Waals surface area contributed by atoms with Crippen molar-refractivity contribution in [1.82, 2.24) is 4.98 Å². The Morgan fingerprint density at radius 2 is 2.07 bits per heavy atom. The first-order valence-corrected chi connectivity index (χ1v) is 10.8. The van der Waals surface area contributed by atoms with Crippen LogP contribution in [-0.4, -0.2) is 30.8 Å². The zero-order chi connectivity index (χ0) is 19.6. The predicted octanol–water partition coefficient (Wildman–Crippen LogP) is 4.14. The van der Waals surface area contributed by atoms with Crippen LogP contribution in [0.1, 0.15) is 6.92 Å². The van der Waals surface area contributed by atoms with E-state index < -0.39 is 15.7 Å². The van der Waals surface area contributed by atoms with Crippen LogP contribution in [0.15, 0.2) is 50.9 Å². The van der Waals surface area contributed by atoms with E-state index in [0.29, 0.717) is 16.8 Å². The SMILES string of the molecule is CCS(=O)(=O)c1ccc2oc(SCC(=O)Nc3ccc(F)cc3Cl)nc2c1. The Morgan fingerprint density at radius 3 is 2.78 bits per heavy atom. The number of aromatic nitrogens is 1. The van der Waals surface area contributed by atoms with E-state index in [2.05, 4.69) is 10.3 Å². The number of hydrogen-bond donors (Lipinski definition) is 1. The molecule has 1 N–H and O–H groups in total. The fourth-order valence-electron chi connectivity index (χ4n) is 2.21. The van der Waals surface area contributed by atoms with Gasteiger partial charge in [-0.25, -0.2) is 17.8 Å². The van der Waals surface area contributed by atoms with Crippen molar-refractivity contribution in [1.29, 1.82) is 0 Å². The predicted molar refractivity (Wildman–Crippen MR) is 102 cm³/mol. The molecular formula is C17H14ClFN2O4S2. The molecule has 3 aromatic rings. The number of fused-ring (bicyclic) bond motifs is 1. The molecule has 0 saturated heterocycles. The molecule has 142 valence electrons. The van der Waals surface area contributed by atoms with Crippen molar-refractivity contribution in [3.05, 3.63) is 47.2 Å². The van der Waals surface area contributed by atoms with Crippen molar-refractivity contribution in [2.45, 2.75) is 17.0 Å². The van der Waals surface area contributed by atoms with E-state index in [-0.39, 0.29) is 32.6 Å². The number of nitrogens with zero attached hydrogens (tertiary/aromatic N) is 1. The van der Waals surface area contributed by atoms with E-state index in [1.165, 1.54) is 30.3 Å². The maximum Gasteiger partial charge on any atom is 0.257 e. The number of benzene rings is 2. The van der Waals surface area contributed by atoms with Gasteiger partial charge in [-0.3, -0.25) is 4.79 Å². The number of rotatable bonds is 6. The van der Waals surface area contributed by atoms with Crippen LogP contribution in [0.2, 0.25) is 5.02 Å². The summed E-state index contributed by atoms with van der Waals surface area (Å²) >= 11 is 6.91. The number of thioether (sulfide) groups is 1. The quantitative estimate of drug-likeness (QED) is 0.593. The summed E-state index contributed by atoms with van der Waals surface area (Å²) in [6.07, 6.45) is 0. The largest absolute Gasteiger partial charge is 0.431 e. The van der Waals surface area contributed by atoms with Gasteiger partial charge in [-0.05, 0) is 36.4 Å². The summed E-state index contributed by atoms with van der Waals surface area (Å²) in [4.78, 5) is 16.4. The molecule has 1 aromatic heterocycles. The molecular weight excluding hydrogens is 415 g/mol. The zero-order valence-corrected chi connectivity index (χ0v) is 16.4. The van der Waals surface area contributed by atoms with E-state index in [1.807, 2.05) is 0 Å². The lowest BCUT2D eigenvalue weighted by Gasteiger charge is -2.06. The third-order valence-corrected chi connectivity index (χ3v) is 6.48. The third-order valence-electron chi connectivity index (χ3n) is 3.61. The standard InChI is InChI=1S/C17H14ClFN2O4S2/c1-2-27(23,24)11-4-6-15-14(8-11)21-17(25-15)26-9-16(22)20-13-5-3-10(19)7-12(13)18/h3-8H,2,9H2,1H3,(H,20,22). The summed E-state index contributed by atoms with van der Waals surface area (Å²) in [5.41, 5.74) is 1.12. The first-order chi connectivity index (χ1) is 12.8. The molecule has 0 saturated carbocycles. The summed E-state index contributed by atoms with van der Waals surface area (Å²) in [7, 11) is -3.34. The lowest BCUT2D eigenvalue weighted by Crippen LogP contribution is -2.14. The number of oxazole rings is 1. The lowest BCUT2D eigenvalue weighted by atomic mass is 10.3. The highest BCUT2D eigenvalue weighted by Crippen LogP contribution is 2.27. The van der Waals surface area contributed by atoms with Gasteiger partial charge < -0.3 is 9.73 Å². The van der Waals surface area contributed by atoms with Gasteiger partial charge in [0.1, 0.15) is 11.3 Å². The maximum atomic E-state index is 13.0. The lowest BCUT2D eigenvalue weighted by molar-refractivity contribution is -0.113. The Labute approximate surface area is 164 Å². The van der Waals surface area contributed by atoms with Crippen molar-refractivity contribution >= 4 is 55.9 Å². The monoisotopic (exact) mass is 428 g/mol. The van der Waals surface area contributed by atoms with Gasteiger partial charge in [0.2, 0.25) is 5.91 Å². The van der Waals surface area contributed by atoms with Crippen molar-refractivity contribution in [3.8, 4) is 0 Å². The third kappa shape index (κ3) is 4.60. The van der Waals surface area contributed by atoms with Gasteiger partial charge in [0, 0.05) is 0 Å². The van der Waals surface area contributed by atoms with Crippen molar-refractivity contribution in [2.75, 3.05) is 16.8 Å². The summed E-state index contributed by atoms with van der Waals surface area (Å²) in [6.45, 7) is 1.57. The van der Waals surface area contributed by atoms with Gasteiger partial charge in [-0.15, -0.1) is 0 Å². The van der Waals surface area contributed by atoms with Crippen LogP contribution in [0, 0.1) is 5.82 Å². The molecule has 0 fully saturated rings. The van der Waals surface area contributed by atoms with Crippen molar-refractivity contribution in [2.24, 2.45) is 0 Å². The molecule has 0 aliphatic heterocycles. The van der Waals surface area contributed by atoms with Crippen LogP contribution in [0.4, 0.5) is 10.1 Å². The summed E-state index contributed by atoms with van der Waals surface area (Å²) in [5, 5.41) is 2.90. The minimum atomic E-state index is -3.34. The number of nitrogens with one attached hydrogen (secondary N) is 1. The molecule has 0 aliphatic rings. The molecule has 0 aliphatic carbocycles. The van der Waals surface area contributed by atoms with Crippen LogP contribution in [0.25, 0.3) is 11.1 Å². The van der Waals surface area contributed by atoms with Crippen LogP contribution in [0.5, 0.6) is 0 Å². The molecule has 1 amide bonds. The number of carbonyl (C=O) groups is 1. The molecule has 0 spiro atoms. The van der Waals surface area contributed by atoms with Gasteiger partial charge in [-0.2, -0.15) is 0 Å². The Balaban J connectivity index is 1.68. The molecule has 3 rings (SSSR count). The average molecular weight is 429 g/mol. The summed E-state index contributed by atoms with van der Waals surface area (Å²) in [6, 6.07) is 8.11. The van der Waals surface area contributed by atoms with E-state index in [9.17, 15) is 17.6 Å². The van der Waals surface area contributed by atoms with Crippen molar-refractivity contribution < 1.29 is 22.0 Å². The number of halogens is 2. The summed E-state index contributed by atoms with van der Waals surface area (Å²) in [5.74, 6) is -0.890. The molecule has 0 bridgehead atoms. The van der Waals surface area contributed by atoms with Gasteiger partial charge in [0.25, 0.3) is 5.22 Å². The molecule has 6 nitrogen and oxygen atoms in total. The molecule has 0 radical (unpaired) electrons. The van der Waals surface area contributed by atoms with E-state index in [1.54, 1.807) is 6.92 Å². The molecule has 10 heteroatoms. The average Bonchev–Trinajstić information content (AvgIpc) is 3.04. The maximum absolute atomic E-state index is 13.0. The molecule has 27 heavy (non-hydrogen) atoms. The fourth-order valence-corrected chi connectivity index (χ4v) is 3.97. The molecule has 0 unspecified atom stereocenters. The molecule has 1 heterocycles. The number of carbonyl (C=O) groups excluding carboxylic acids is 1. The fraction of sp³-hybridized carbons (Fsp3) is 0.176. The van der Waals surface area contributed by atoms with E-state index >= 15 is 0 Å².